The quantitative estimate of drug-likeness (QED) is 0.777. The number of ether oxygens (including phenoxy) is 2. The van der Waals surface area contributed by atoms with Gasteiger partial charge in [0.05, 0.1) is 24.6 Å². The molecule has 6 nitrogen and oxygen atoms in total. The maximum absolute atomic E-state index is 11.3. The van der Waals surface area contributed by atoms with Crippen molar-refractivity contribution < 1.29 is 14.3 Å². The van der Waals surface area contributed by atoms with Gasteiger partial charge in [0, 0.05) is 31.5 Å². The zero-order chi connectivity index (χ0) is 14.2. The lowest BCUT2D eigenvalue weighted by atomic mass is 10.0. The van der Waals surface area contributed by atoms with E-state index >= 15 is 0 Å². The number of nitrogens with two attached hydrogens (primary N) is 2. The third-order valence-corrected chi connectivity index (χ3v) is 3.99. The number of carbonyl (C=O) groups excluding carboxylic acids is 1. The molecule has 2 aliphatic rings. The predicted molar refractivity (Wildman–Crippen MR) is 75.5 cm³/mol. The Kier molecular flexibility index (Phi) is 3.27. The van der Waals surface area contributed by atoms with E-state index in [1.54, 1.807) is 18.2 Å². The SMILES string of the molecule is NC(=O)c1ccc(N)c(N2CCC3(CC2)OCCO3)c1. The summed E-state index contributed by atoms with van der Waals surface area (Å²) < 4.78 is 11.4. The van der Waals surface area contributed by atoms with Crippen LogP contribution >= 0.6 is 0 Å². The molecule has 2 saturated heterocycles. The van der Waals surface area contributed by atoms with Crippen LogP contribution in [0.2, 0.25) is 0 Å². The highest BCUT2D eigenvalue weighted by molar-refractivity contribution is 5.95. The van der Waals surface area contributed by atoms with Gasteiger partial charge < -0.3 is 25.8 Å². The highest BCUT2D eigenvalue weighted by atomic mass is 16.7. The van der Waals surface area contributed by atoms with Gasteiger partial charge in [-0.25, -0.2) is 0 Å². The fourth-order valence-electron chi connectivity index (χ4n) is 2.84. The van der Waals surface area contributed by atoms with Crippen molar-refractivity contribution in [3.05, 3.63) is 23.8 Å². The van der Waals surface area contributed by atoms with E-state index in [0.29, 0.717) is 24.5 Å². The summed E-state index contributed by atoms with van der Waals surface area (Å²) in [4.78, 5) is 13.4. The first-order valence-corrected chi connectivity index (χ1v) is 6.82. The van der Waals surface area contributed by atoms with Crippen LogP contribution in [-0.4, -0.2) is 38.0 Å². The zero-order valence-electron chi connectivity index (χ0n) is 11.3. The maximum atomic E-state index is 11.3. The molecule has 6 heteroatoms. The summed E-state index contributed by atoms with van der Waals surface area (Å²) in [5.74, 6) is -0.853. The molecule has 0 unspecified atom stereocenters. The number of hydrogen-bond donors (Lipinski definition) is 2. The van der Waals surface area contributed by atoms with E-state index in [2.05, 4.69) is 4.90 Å². The minimum atomic E-state index is -0.442. The van der Waals surface area contributed by atoms with Gasteiger partial charge in [-0.15, -0.1) is 0 Å². The molecule has 1 amide bonds. The minimum Gasteiger partial charge on any atom is -0.397 e. The Bertz CT molecular complexity index is 516. The van der Waals surface area contributed by atoms with Crippen molar-refractivity contribution >= 4 is 17.3 Å². The molecule has 108 valence electrons. The second kappa shape index (κ2) is 4.96. The summed E-state index contributed by atoms with van der Waals surface area (Å²) in [6.07, 6.45) is 1.60. The highest BCUT2D eigenvalue weighted by Crippen LogP contribution is 2.35. The van der Waals surface area contributed by atoms with E-state index in [9.17, 15) is 4.79 Å². The number of primary amides is 1. The van der Waals surface area contributed by atoms with Gasteiger partial charge in [-0.2, -0.15) is 0 Å². The van der Waals surface area contributed by atoms with Crippen LogP contribution < -0.4 is 16.4 Å². The van der Waals surface area contributed by atoms with E-state index in [0.717, 1.165) is 31.6 Å². The molecule has 0 bridgehead atoms. The standard InChI is InChI=1S/C14H19N3O3/c15-11-2-1-10(13(16)18)9-12(11)17-5-3-14(4-6-17)19-7-8-20-14/h1-2,9H,3-8,15H2,(H2,16,18). The van der Waals surface area contributed by atoms with E-state index in [4.69, 9.17) is 20.9 Å². The van der Waals surface area contributed by atoms with Gasteiger partial charge in [0.2, 0.25) is 5.91 Å². The van der Waals surface area contributed by atoms with Crippen molar-refractivity contribution in [1.82, 2.24) is 0 Å². The van der Waals surface area contributed by atoms with Crippen LogP contribution in [0.1, 0.15) is 23.2 Å². The van der Waals surface area contributed by atoms with Gasteiger partial charge in [-0.3, -0.25) is 4.79 Å². The van der Waals surface area contributed by atoms with Crippen LogP contribution in [0.25, 0.3) is 0 Å². The molecule has 0 atom stereocenters. The fourth-order valence-corrected chi connectivity index (χ4v) is 2.84. The summed E-state index contributed by atoms with van der Waals surface area (Å²) in [6, 6.07) is 5.13. The third-order valence-electron chi connectivity index (χ3n) is 3.99. The number of rotatable bonds is 2. The predicted octanol–water partition coefficient (Wildman–Crippen LogP) is 0.711. The van der Waals surface area contributed by atoms with E-state index in [-0.39, 0.29) is 0 Å². The van der Waals surface area contributed by atoms with Crippen molar-refractivity contribution in [2.75, 3.05) is 36.9 Å². The molecule has 2 aliphatic heterocycles. The number of nitrogen functional groups attached to an aromatic ring is 1. The van der Waals surface area contributed by atoms with Crippen LogP contribution in [0.15, 0.2) is 18.2 Å². The first-order valence-electron chi connectivity index (χ1n) is 6.82. The molecule has 0 aromatic heterocycles. The molecule has 2 heterocycles. The number of benzene rings is 1. The topological polar surface area (TPSA) is 90.8 Å². The van der Waals surface area contributed by atoms with Crippen LogP contribution in [0, 0.1) is 0 Å². The molecule has 0 saturated carbocycles. The average Bonchev–Trinajstić information content (AvgIpc) is 2.89. The second-order valence-electron chi connectivity index (χ2n) is 5.23. The van der Waals surface area contributed by atoms with Crippen molar-refractivity contribution in [3.63, 3.8) is 0 Å². The van der Waals surface area contributed by atoms with Crippen molar-refractivity contribution in [2.45, 2.75) is 18.6 Å². The minimum absolute atomic E-state index is 0.410. The Morgan fingerprint density at radius 2 is 1.85 bits per heavy atom. The molecule has 0 aliphatic carbocycles. The molecular weight excluding hydrogens is 258 g/mol. The maximum Gasteiger partial charge on any atom is 0.248 e. The van der Waals surface area contributed by atoms with E-state index in [1.165, 1.54) is 0 Å². The number of hydrogen-bond acceptors (Lipinski definition) is 5. The largest absolute Gasteiger partial charge is 0.397 e. The lowest BCUT2D eigenvalue weighted by molar-refractivity contribution is -0.169. The average molecular weight is 277 g/mol. The van der Waals surface area contributed by atoms with E-state index in [1.807, 2.05) is 0 Å². The van der Waals surface area contributed by atoms with Crippen LogP contribution in [0.5, 0.6) is 0 Å². The molecule has 1 aromatic carbocycles. The first-order chi connectivity index (χ1) is 9.60. The summed E-state index contributed by atoms with van der Waals surface area (Å²) in [7, 11) is 0. The van der Waals surface area contributed by atoms with Gasteiger partial charge in [-0.1, -0.05) is 0 Å². The second-order valence-corrected chi connectivity index (χ2v) is 5.23. The van der Waals surface area contributed by atoms with Gasteiger partial charge >= 0.3 is 0 Å². The number of nitrogens with zero attached hydrogens (tertiary/aromatic N) is 1. The molecule has 20 heavy (non-hydrogen) atoms. The third kappa shape index (κ3) is 2.32. The van der Waals surface area contributed by atoms with Gasteiger partial charge in [-0.05, 0) is 18.2 Å². The van der Waals surface area contributed by atoms with Crippen molar-refractivity contribution in [2.24, 2.45) is 5.73 Å². The molecule has 4 N–H and O–H groups in total. The number of carbonyl (C=O) groups is 1. The Hall–Kier alpha value is -1.79. The zero-order valence-corrected chi connectivity index (χ0v) is 11.3. The van der Waals surface area contributed by atoms with Gasteiger partial charge in [0.25, 0.3) is 0 Å². The van der Waals surface area contributed by atoms with Crippen LogP contribution in [-0.2, 0) is 9.47 Å². The fraction of sp³-hybridized carbons (Fsp3) is 0.500. The lowest BCUT2D eigenvalue weighted by Crippen LogP contribution is -2.45. The monoisotopic (exact) mass is 277 g/mol. The molecule has 0 radical (unpaired) electrons. The highest BCUT2D eigenvalue weighted by Gasteiger charge is 2.40. The summed E-state index contributed by atoms with van der Waals surface area (Å²) in [6.45, 7) is 2.90. The molecule has 1 aromatic rings. The smallest absolute Gasteiger partial charge is 0.248 e. The first kappa shape index (κ1) is 13.2. The van der Waals surface area contributed by atoms with Crippen LogP contribution in [0.3, 0.4) is 0 Å². The number of piperidine rings is 1. The Morgan fingerprint density at radius 3 is 2.45 bits per heavy atom. The van der Waals surface area contributed by atoms with E-state index < -0.39 is 11.7 Å². The summed E-state index contributed by atoms with van der Waals surface area (Å²) >= 11 is 0. The molecule has 2 fully saturated rings. The number of anilines is 2. The van der Waals surface area contributed by atoms with Crippen molar-refractivity contribution in [1.29, 1.82) is 0 Å². The summed E-state index contributed by atoms with van der Waals surface area (Å²) in [5.41, 5.74) is 13.3. The number of amides is 1. The normalized spacial score (nSPS) is 21.3. The molecule has 1 spiro atoms. The van der Waals surface area contributed by atoms with Gasteiger partial charge in [0.1, 0.15) is 0 Å². The molecular formula is C14H19N3O3. The Balaban J connectivity index is 1.77. The summed E-state index contributed by atoms with van der Waals surface area (Å²) in [5, 5.41) is 0. The van der Waals surface area contributed by atoms with Crippen molar-refractivity contribution in [3.8, 4) is 0 Å². The lowest BCUT2D eigenvalue weighted by Gasteiger charge is -2.39. The Morgan fingerprint density at radius 1 is 1.20 bits per heavy atom. The molecule has 3 rings (SSSR count). The van der Waals surface area contributed by atoms with Crippen LogP contribution in [0.4, 0.5) is 11.4 Å². The Labute approximate surface area is 117 Å². The van der Waals surface area contributed by atoms with Gasteiger partial charge in [0.15, 0.2) is 5.79 Å².